The normalized spacial score (nSPS) is 16.5. The summed E-state index contributed by atoms with van der Waals surface area (Å²) in [5, 5.41) is 8.37. The SMILES string of the molecule is CCCCc1noc(CN2CC(n3cc(C)cn3)C2)n1. The van der Waals surface area contributed by atoms with Crippen molar-refractivity contribution in [3.05, 3.63) is 29.7 Å². The highest BCUT2D eigenvalue weighted by molar-refractivity contribution is 5.02. The molecule has 108 valence electrons. The van der Waals surface area contributed by atoms with Crippen LogP contribution in [-0.4, -0.2) is 37.9 Å². The predicted octanol–water partition coefficient (Wildman–Crippen LogP) is 1.97. The molecule has 3 rings (SSSR count). The highest BCUT2D eigenvalue weighted by Crippen LogP contribution is 2.22. The summed E-state index contributed by atoms with van der Waals surface area (Å²) in [5.74, 6) is 1.56. The van der Waals surface area contributed by atoms with Crippen molar-refractivity contribution >= 4 is 0 Å². The third kappa shape index (κ3) is 2.90. The van der Waals surface area contributed by atoms with Gasteiger partial charge in [0, 0.05) is 25.7 Å². The van der Waals surface area contributed by atoms with E-state index in [0.29, 0.717) is 6.04 Å². The van der Waals surface area contributed by atoms with Gasteiger partial charge < -0.3 is 4.52 Å². The van der Waals surface area contributed by atoms with Crippen LogP contribution >= 0.6 is 0 Å². The lowest BCUT2D eigenvalue weighted by atomic mass is 10.1. The highest BCUT2D eigenvalue weighted by Gasteiger charge is 2.29. The van der Waals surface area contributed by atoms with Crippen LogP contribution in [-0.2, 0) is 13.0 Å². The van der Waals surface area contributed by atoms with E-state index in [0.717, 1.165) is 50.6 Å². The van der Waals surface area contributed by atoms with Crippen LogP contribution in [0.1, 0.15) is 43.1 Å². The summed E-state index contributed by atoms with van der Waals surface area (Å²) < 4.78 is 7.34. The number of rotatable bonds is 6. The zero-order valence-corrected chi connectivity index (χ0v) is 12.1. The van der Waals surface area contributed by atoms with Gasteiger partial charge in [0.05, 0.1) is 18.8 Å². The molecule has 0 amide bonds. The molecule has 1 saturated heterocycles. The van der Waals surface area contributed by atoms with E-state index in [2.05, 4.69) is 40.2 Å². The molecular weight excluding hydrogens is 254 g/mol. The Morgan fingerprint density at radius 2 is 2.25 bits per heavy atom. The smallest absolute Gasteiger partial charge is 0.240 e. The fourth-order valence-electron chi connectivity index (χ4n) is 2.45. The third-order valence-electron chi connectivity index (χ3n) is 3.67. The molecule has 20 heavy (non-hydrogen) atoms. The average Bonchev–Trinajstić information content (AvgIpc) is 3.00. The Labute approximate surface area is 118 Å². The van der Waals surface area contributed by atoms with E-state index in [4.69, 9.17) is 4.52 Å². The van der Waals surface area contributed by atoms with Crippen LogP contribution in [0.4, 0.5) is 0 Å². The Bertz CT molecular complexity index is 555. The second kappa shape index (κ2) is 5.75. The van der Waals surface area contributed by atoms with E-state index in [1.807, 2.05) is 10.9 Å². The molecule has 1 aliphatic heterocycles. The summed E-state index contributed by atoms with van der Waals surface area (Å²) >= 11 is 0. The summed E-state index contributed by atoms with van der Waals surface area (Å²) in [6.45, 7) is 6.96. The topological polar surface area (TPSA) is 60.0 Å². The number of likely N-dealkylation sites (tertiary alicyclic amines) is 1. The van der Waals surface area contributed by atoms with Crippen molar-refractivity contribution in [2.75, 3.05) is 13.1 Å². The first-order valence-corrected chi connectivity index (χ1v) is 7.29. The molecule has 6 heteroatoms. The molecule has 2 aromatic rings. The zero-order chi connectivity index (χ0) is 13.9. The number of hydrogen-bond donors (Lipinski definition) is 0. The number of unbranched alkanes of at least 4 members (excludes halogenated alkanes) is 1. The van der Waals surface area contributed by atoms with Crippen molar-refractivity contribution in [1.29, 1.82) is 0 Å². The maximum absolute atomic E-state index is 5.29. The largest absolute Gasteiger partial charge is 0.338 e. The first kappa shape index (κ1) is 13.3. The van der Waals surface area contributed by atoms with E-state index in [-0.39, 0.29) is 0 Å². The maximum atomic E-state index is 5.29. The lowest BCUT2D eigenvalue weighted by Gasteiger charge is -2.38. The monoisotopic (exact) mass is 275 g/mol. The minimum atomic E-state index is 0.478. The van der Waals surface area contributed by atoms with E-state index in [1.165, 1.54) is 5.56 Å². The van der Waals surface area contributed by atoms with Gasteiger partial charge in [-0.3, -0.25) is 9.58 Å². The quantitative estimate of drug-likeness (QED) is 0.806. The lowest BCUT2D eigenvalue weighted by molar-refractivity contribution is 0.0790. The van der Waals surface area contributed by atoms with Crippen LogP contribution in [0.25, 0.3) is 0 Å². The van der Waals surface area contributed by atoms with Gasteiger partial charge >= 0.3 is 0 Å². The minimum Gasteiger partial charge on any atom is -0.338 e. The average molecular weight is 275 g/mol. The van der Waals surface area contributed by atoms with Crippen LogP contribution in [0.3, 0.4) is 0 Å². The summed E-state index contributed by atoms with van der Waals surface area (Å²) in [6, 6.07) is 0.478. The zero-order valence-electron chi connectivity index (χ0n) is 12.1. The summed E-state index contributed by atoms with van der Waals surface area (Å²) in [4.78, 5) is 6.73. The lowest BCUT2D eigenvalue weighted by Crippen LogP contribution is -2.47. The van der Waals surface area contributed by atoms with Crippen molar-refractivity contribution in [3.63, 3.8) is 0 Å². The molecule has 0 aromatic carbocycles. The molecule has 0 saturated carbocycles. The van der Waals surface area contributed by atoms with E-state index in [1.54, 1.807) is 0 Å². The molecule has 6 nitrogen and oxygen atoms in total. The van der Waals surface area contributed by atoms with Gasteiger partial charge in [-0.2, -0.15) is 10.1 Å². The molecule has 1 fully saturated rings. The van der Waals surface area contributed by atoms with E-state index >= 15 is 0 Å². The van der Waals surface area contributed by atoms with Crippen LogP contribution in [0.15, 0.2) is 16.9 Å². The summed E-state index contributed by atoms with van der Waals surface area (Å²) in [7, 11) is 0. The van der Waals surface area contributed by atoms with Crippen molar-refractivity contribution < 1.29 is 4.52 Å². The number of aromatic nitrogens is 4. The Morgan fingerprint density at radius 1 is 1.40 bits per heavy atom. The Balaban J connectivity index is 1.47. The fraction of sp³-hybridized carbons (Fsp3) is 0.643. The maximum Gasteiger partial charge on any atom is 0.240 e. The predicted molar refractivity (Wildman–Crippen MR) is 74.2 cm³/mol. The van der Waals surface area contributed by atoms with Gasteiger partial charge in [0.2, 0.25) is 5.89 Å². The molecule has 0 atom stereocenters. The third-order valence-corrected chi connectivity index (χ3v) is 3.67. The van der Waals surface area contributed by atoms with Gasteiger partial charge in [-0.05, 0) is 18.9 Å². The Kier molecular flexibility index (Phi) is 3.82. The van der Waals surface area contributed by atoms with Crippen LogP contribution in [0, 0.1) is 6.92 Å². The van der Waals surface area contributed by atoms with Crippen molar-refractivity contribution in [1.82, 2.24) is 24.8 Å². The fourth-order valence-corrected chi connectivity index (χ4v) is 2.45. The molecule has 0 spiro atoms. The van der Waals surface area contributed by atoms with Crippen molar-refractivity contribution in [2.24, 2.45) is 0 Å². The standard InChI is InChI=1S/C14H21N5O/c1-3-4-5-13-16-14(20-17-13)10-18-8-12(9-18)19-7-11(2)6-15-19/h6-7,12H,3-5,8-10H2,1-2H3. The van der Waals surface area contributed by atoms with Gasteiger partial charge in [0.25, 0.3) is 0 Å². The minimum absolute atomic E-state index is 0.478. The van der Waals surface area contributed by atoms with Crippen molar-refractivity contribution in [3.8, 4) is 0 Å². The Morgan fingerprint density at radius 3 is 2.95 bits per heavy atom. The van der Waals surface area contributed by atoms with Crippen LogP contribution < -0.4 is 0 Å². The summed E-state index contributed by atoms with van der Waals surface area (Å²) in [5.41, 5.74) is 1.21. The molecule has 1 aliphatic rings. The number of hydrogen-bond acceptors (Lipinski definition) is 5. The van der Waals surface area contributed by atoms with E-state index in [9.17, 15) is 0 Å². The van der Waals surface area contributed by atoms with Gasteiger partial charge in [0.15, 0.2) is 5.82 Å². The second-order valence-electron chi connectivity index (χ2n) is 5.55. The molecule has 0 bridgehead atoms. The highest BCUT2D eigenvalue weighted by atomic mass is 16.5. The van der Waals surface area contributed by atoms with Crippen LogP contribution in [0.2, 0.25) is 0 Å². The number of aryl methyl sites for hydroxylation is 2. The summed E-state index contributed by atoms with van der Waals surface area (Å²) in [6.07, 6.45) is 7.18. The Hall–Kier alpha value is -1.69. The molecule has 0 N–H and O–H groups in total. The molecule has 0 radical (unpaired) electrons. The molecule has 3 heterocycles. The van der Waals surface area contributed by atoms with Gasteiger partial charge in [0.1, 0.15) is 0 Å². The molecule has 2 aromatic heterocycles. The molecular formula is C14H21N5O. The van der Waals surface area contributed by atoms with Gasteiger partial charge in [-0.1, -0.05) is 18.5 Å². The van der Waals surface area contributed by atoms with Gasteiger partial charge in [-0.25, -0.2) is 0 Å². The second-order valence-corrected chi connectivity index (χ2v) is 5.55. The van der Waals surface area contributed by atoms with Crippen LogP contribution in [0.5, 0.6) is 0 Å². The van der Waals surface area contributed by atoms with Crippen molar-refractivity contribution in [2.45, 2.75) is 45.7 Å². The first-order chi connectivity index (χ1) is 9.74. The molecule has 0 aliphatic carbocycles. The first-order valence-electron chi connectivity index (χ1n) is 7.29. The van der Waals surface area contributed by atoms with Gasteiger partial charge in [-0.15, -0.1) is 0 Å². The van der Waals surface area contributed by atoms with E-state index < -0.39 is 0 Å². The molecule has 0 unspecified atom stereocenters. The number of nitrogens with zero attached hydrogens (tertiary/aromatic N) is 5.